The third-order valence-electron chi connectivity index (χ3n) is 5.20. The van der Waals surface area contributed by atoms with Crippen LogP contribution >= 0.6 is 0 Å². The molecule has 3 rings (SSSR count). The third kappa shape index (κ3) is 5.24. The first-order valence-electron chi connectivity index (χ1n) is 10.5. The molecule has 0 saturated heterocycles. The average Bonchev–Trinajstić information content (AvgIpc) is 2.74. The van der Waals surface area contributed by atoms with Crippen molar-refractivity contribution >= 4 is 22.3 Å². The van der Waals surface area contributed by atoms with E-state index in [9.17, 15) is 18.0 Å². The molecule has 5 nitrogen and oxygen atoms in total. The predicted octanol–water partition coefficient (Wildman–Crippen LogP) is 5.56. The lowest BCUT2D eigenvalue weighted by Crippen LogP contribution is -2.11. The zero-order valence-corrected chi connectivity index (χ0v) is 18.4. The second-order valence-electron chi connectivity index (χ2n) is 7.79. The molecular weight excluding hydrogens is 421 g/mol. The summed E-state index contributed by atoms with van der Waals surface area (Å²) in [4.78, 5) is 14.4. The quantitative estimate of drug-likeness (QED) is 0.412. The number of methoxy groups -OCH3 is 1. The van der Waals surface area contributed by atoms with Gasteiger partial charge in [0.1, 0.15) is 17.4 Å². The zero-order chi connectivity index (χ0) is 23.3. The second-order valence-corrected chi connectivity index (χ2v) is 7.79. The van der Waals surface area contributed by atoms with Crippen LogP contribution < -0.4 is 15.6 Å². The predicted molar refractivity (Wildman–Crippen MR) is 121 cm³/mol. The minimum absolute atomic E-state index is 0.00121. The van der Waals surface area contributed by atoms with Gasteiger partial charge in [-0.3, -0.25) is 4.79 Å². The van der Waals surface area contributed by atoms with Gasteiger partial charge in [-0.1, -0.05) is 12.8 Å². The molecule has 172 valence electrons. The van der Waals surface area contributed by atoms with Crippen LogP contribution in [0.2, 0.25) is 0 Å². The molecule has 0 fully saturated rings. The van der Waals surface area contributed by atoms with Gasteiger partial charge in [0.15, 0.2) is 16.8 Å². The van der Waals surface area contributed by atoms with E-state index in [-0.39, 0.29) is 28.0 Å². The zero-order valence-electron chi connectivity index (χ0n) is 18.4. The van der Waals surface area contributed by atoms with Crippen molar-refractivity contribution in [1.29, 1.82) is 0 Å². The summed E-state index contributed by atoms with van der Waals surface area (Å²) in [5.74, 6) is -2.37. The van der Waals surface area contributed by atoms with Crippen LogP contribution in [0.3, 0.4) is 0 Å². The summed E-state index contributed by atoms with van der Waals surface area (Å²) in [5, 5.41) is 2.71. The number of rotatable bonds is 10. The van der Waals surface area contributed by atoms with E-state index in [0.717, 1.165) is 31.7 Å². The summed E-state index contributed by atoms with van der Waals surface area (Å²) in [7, 11) is 5.05. The highest BCUT2D eigenvalue weighted by atomic mass is 19.1. The largest absolute Gasteiger partial charge is 0.453 e. The number of unbranched alkanes of at least 4 members (excludes halogenated alkanes) is 3. The Labute approximate surface area is 184 Å². The molecule has 0 atom stereocenters. The van der Waals surface area contributed by atoms with Gasteiger partial charge in [0.2, 0.25) is 0 Å². The normalized spacial score (nSPS) is 11.2. The Bertz CT molecular complexity index is 1150. The lowest BCUT2D eigenvalue weighted by atomic mass is 10.1. The number of hydrogen-bond acceptors (Lipinski definition) is 5. The molecule has 0 amide bonds. The molecule has 0 spiro atoms. The average molecular weight is 448 g/mol. The molecule has 1 aromatic heterocycles. The van der Waals surface area contributed by atoms with Crippen molar-refractivity contribution in [3.05, 3.63) is 58.0 Å². The van der Waals surface area contributed by atoms with Crippen LogP contribution in [0.25, 0.3) is 22.3 Å². The van der Waals surface area contributed by atoms with Crippen LogP contribution in [0.5, 0.6) is 0 Å². The molecule has 0 bridgehead atoms. The maximum Gasteiger partial charge on any atom is 0.195 e. The molecule has 0 aliphatic rings. The molecule has 3 aromatic rings. The Hall–Kier alpha value is -3.00. The Morgan fingerprint density at radius 1 is 0.969 bits per heavy atom. The molecule has 1 heterocycles. The van der Waals surface area contributed by atoms with Gasteiger partial charge >= 0.3 is 0 Å². The maximum absolute atomic E-state index is 14.5. The van der Waals surface area contributed by atoms with Crippen molar-refractivity contribution in [3.63, 3.8) is 0 Å². The topological polar surface area (TPSA) is 54.7 Å². The van der Waals surface area contributed by atoms with Gasteiger partial charge in [-0.2, -0.15) is 0 Å². The summed E-state index contributed by atoms with van der Waals surface area (Å²) < 4.78 is 54.0. The second kappa shape index (κ2) is 10.5. The van der Waals surface area contributed by atoms with Crippen LogP contribution in [0.4, 0.5) is 24.5 Å². The summed E-state index contributed by atoms with van der Waals surface area (Å²) in [6.45, 7) is 1.11. The van der Waals surface area contributed by atoms with Crippen molar-refractivity contribution in [2.24, 2.45) is 0 Å². The molecule has 8 heteroatoms. The first-order chi connectivity index (χ1) is 15.3. The molecule has 1 N–H and O–H groups in total. The monoisotopic (exact) mass is 448 g/mol. The highest BCUT2D eigenvalue weighted by Gasteiger charge is 2.19. The van der Waals surface area contributed by atoms with E-state index < -0.39 is 22.9 Å². The standard InChI is InChI=1S/C24H27F3N2O3/c1-29(2)19-9-8-15(12-16(19)25)21-14-20(30)22-23(17(26)13-18(27)24(22)32-21)28-10-6-4-5-7-11-31-3/h8-9,12-14,28H,4-7,10-11H2,1-3H3. The lowest BCUT2D eigenvalue weighted by molar-refractivity contribution is 0.192. The molecule has 0 saturated carbocycles. The minimum Gasteiger partial charge on any atom is -0.453 e. The van der Waals surface area contributed by atoms with Crippen molar-refractivity contribution in [3.8, 4) is 11.3 Å². The molecule has 0 aliphatic heterocycles. The summed E-state index contributed by atoms with van der Waals surface area (Å²) in [5.41, 5.74) is -0.430. The van der Waals surface area contributed by atoms with Gasteiger partial charge in [0.05, 0.1) is 16.8 Å². The van der Waals surface area contributed by atoms with Gasteiger partial charge < -0.3 is 19.4 Å². The molecular formula is C24H27F3N2O3. The lowest BCUT2D eigenvalue weighted by Gasteiger charge is -2.14. The fraction of sp³-hybridized carbons (Fsp3) is 0.375. The first kappa shape index (κ1) is 23.7. The Balaban J connectivity index is 1.90. The Morgan fingerprint density at radius 3 is 2.41 bits per heavy atom. The van der Waals surface area contributed by atoms with Crippen LogP contribution in [-0.2, 0) is 4.74 Å². The van der Waals surface area contributed by atoms with E-state index in [2.05, 4.69) is 5.32 Å². The summed E-state index contributed by atoms with van der Waals surface area (Å²) in [6, 6.07) is 6.14. The smallest absolute Gasteiger partial charge is 0.195 e. The van der Waals surface area contributed by atoms with Crippen molar-refractivity contribution < 1.29 is 22.3 Å². The highest BCUT2D eigenvalue weighted by molar-refractivity contribution is 5.91. The van der Waals surface area contributed by atoms with E-state index in [1.54, 1.807) is 32.2 Å². The third-order valence-corrected chi connectivity index (χ3v) is 5.20. The molecule has 0 unspecified atom stereocenters. The van der Waals surface area contributed by atoms with Crippen LogP contribution in [0, 0.1) is 17.5 Å². The van der Waals surface area contributed by atoms with Gasteiger partial charge in [0, 0.05) is 52.1 Å². The molecule has 0 radical (unpaired) electrons. The fourth-order valence-corrected chi connectivity index (χ4v) is 3.54. The number of benzene rings is 2. The maximum atomic E-state index is 14.5. The van der Waals surface area contributed by atoms with E-state index in [1.165, 1.54) is 12.1 Å². The number of anilines is 2. The van der Waals surface area contributed by atoms with Gasteiger partial charge in [-0.15, -0.1) is 0 Å². The molecule has 2 aromatic carbocycles. The Morgan fingerprint density at radius 2 is 1.72 bits per heavy atom. The van der Waals surface area contributed by atoms with Crippen molar-refractivity contribution in [2.45, 2.75) is 25.7 Å². The molecule has 32 heavy (non-hydrogen) atoms. The summed E-state index contributed by atoms with van der Waals surface area (Å²) >= 11 is 0. The number of nitrogens with one attached hydrogen (secondary N) is 1. The van der Waals surface area contributed by atoms with Gasteiger partial charge in [-0.25, -0.2) is 13.2 Å². The number of fused-ring (bicyclic) bond motifs is 1. The van der Waals surface area contributed by atoms with E-state index in [4.69, 9.17) is 9.15 Å². The number of nitrogens with zero attached hydrogens (tertiary/aromatic N) is 1. The highest BCUT2D eigenvalue weighted by Crippen LogP contribution is 2.31. The summed E-state index contributed by atoms with van der Waals surface area (Å²) in [6.07, 6.45) is 3.57. The van der Waals surface area contributed by atoms with E-state index in [1.807, 2.05) is 0 Å². The number of hydrogen-bond donors (Lipinski definition) is 1. The number of ether oxygens (including phenoxy) is 1. The van der Waals surface area contributed by atoms with Crippen molar-refractivity contribution in [2.75, 3.05) is 44.6 Å². The van der Waals surface area contributed by atoms with Crippen LogP contribution in [0.15, 0.2) is 39.5 Å². The van der Waals surface area contributed by atoms with Gasteiger partial charge in [0.25, 0.3) is 0 Å². The van der Waals surface area contributed by atoms with Crippen molar-refractivity contribution in [1.82, 2.24) is 0 Å². The van der Waals surface area contributed by atoms with Crippen LogP contribution in [0.1, 0.15) is 25.7 Å². The number of halogens is 3. The first-order valence-corrected chi connectivity index (χ1v) is 10.5. The van der Waals surface area contributed by atoms with E-state index >= 15 is 0 Å². The van der Waals surface area contributed by atoms with Gasteiger partial charge in [-0.05, 0) is 31.0 Å². The minimum atomic E-state index is -0.994. The Kier molecular flexibility index (Phi) is 7.80. The fourth-order valence-electron chi connectivity index (χ4n) is 3.54. The molecule has 0 aliphatic carbocycles. The van der Waals surface area contributed by atoms with Crippen LogP contribution in [-0.4, -0.2) is 34.4 Å². The SMILES string of the molecule is COCCCCCCNc1c(F)cc(F)c2oc(-c3ccc(N(C)C)c(F)c3)cc(=O)c12. The van der Waals surface area contributed by atoms with E-state index in [0.29, 0.717) is 24.9 Å².